The Labute approximate surface area is 329 Å². The molecule has 2 aromatic heterocycles. The number of rotatable bonds is 6. The minimum absolute atomic E-state index is 0.564. The zero-order valence-corrected chi connectivity index (χ0v) is 30.8. The third kappa shape index (κ3) is 5.66. The summed E-state index contributed by atoms with van der Waals surface area (Å²) in [6.07, 6.45) is 0. The van der Waals surface area contributed by atoms with E-state index in [9.17, 15) is 0 Å². The van der Waals surface area contributed by atoms with E-state index in [1.54, 1.807) is 0 Å². The van der Waals surface area contributed by atoms with Gasteiger partial charge < -0.3 is 4.42 Å². The van der Waals surface area contributed by atoms with Crippen molar-refractivity contribution < 1.29 is 4.42 Å². The monoisotopic (exact) mass is 727 g/mol. The summed E-state index contributed by atoms with van der Waals surface area (Å²) < 4.78 is 6.46. The zero-order chi connectivity index (χ0) is 37.7. The van der Waals surface area contributed by atoms with Gasteiger partial charge >= 0.3 is 0 Å². The van der Waals surface area contributed by atoms with Crippen LogP contribution >= 0.6 is 0 Å². The maximum atomic E-state index is 6.46. The van der Waals surface area contributed by atoms with Crippen molar-refractivity contribution in [2.45, 2.75) is 0 Å². The van der Waals surface area contributed by atoms with Gasteiger partial charge in [0, 0.05) is 21.9 Å². The summed E-state index contributed by atoms with van der Waals surface area (Å²) in [6, 6.07) is 70.1. The largest absolute Gasteiger partial charge is 0.455 e. The van der Waals surface area contributed by atoms with Gasteiger partial charge in [-0.05, 0) is 79.2 Å². The predicted octanol–water partition coefficient (Wildman–Crippen LogP) is 14.1. The van der Waals surface area contributed by atoms with E-state index in [0.29, 0.717) is 17.5 Å². The molecule has 0 spiro atoms. The fourth-order valence-electron chi connectivity index (χ4n) is 8.27. The van der Waals surface area contributed by atoms with E-state index in [1.165, 1.54) is 38.6 Å². The van der Waals surface area contributed by atoms with Crippen molar-refractivity contribution in [3.05, 3.63) is 200 Å². The molecule has 0 unspecified atom stereocenters. The lowest BCUT2D eigenvalue weighted by Gasteiger charge is -2.16. The van der Waals surface area contributed by atoms with Crippen LogP contribution in [-0.2, 0) is 0 Å². The summed E-state index contributed by atoms with van der Waals surface area (Å²) in [5, 5.41) is 6.70. The third-order valence-electron chi connectivity index (χ3n) is 11.0. The highest BCUT2D eigenvalue weighted by Crippen LogP contribution is 2.42. The van der Waals surface area contributed by atoms with Crippen molar-refractivity contribution in [2.24, 2.45) is 0 Å². The molecule has 0 fully saturated rings. The summed E-state index contributed by atoms with van der Waals surface area (Å²) in [4.78, 5) is 15.4. The van der Waals surface area contributed by atoms with Gasteiger partial charge in [-0.25, -0.2) is 15.0 Å². The first kappa shape index (κ1) is 32.7. The molecule has 11 rings (SSSR count). The van der Waals surface area contributed by atoms with Gasteiger partial charge in [-0.15, -0.1) is 0 Å². The summed E-state index contributed by atoms with van der Waals surface area (Å²) in [5.41, 5.74) is 11.4. The number of fused-ring (bicyclic) bond motifs is 5. The molecule has 9 aromatic carbocycles. The summed E-state index contributed by atoms with van der Waals surface area (Å²) in [5.74, 6) is 1.78. The first-order valence-electron chi connectivity index (χ1n) is 19.2. The number of para-hydroxylation sites is 2. The molecule has 0 aliphatic carbocycles. The molecule has 0 aliphatic heterocycles. The number of nitrogens with zero attached hydrogens (tertiary/aromatic N) is 3. The van der Waals surface area contributed by atoms with E-state index in [-0.39, 0.29) is 0 Å². The minimum atomic E-state index is 0.564. The second kappa shape index (κ2) is 13.6. The van der Waals surface area contributed by atoms with E-state index in [0.717, 1.165) is 55.0 Å². The van der Waals surface area contributed by atoms with Gasteiger partial charge in [-0.3, -0.25) is 0 Å². The molecule has 4 heteroatoms. The van der Waals surface area contributed by atoms with Crippen molar-refractivity contribution in [3.63, 3.8) is 0 Å². The molecule has 266 valence electrons. The van der Waals surface area contributed by atoms with Crippen LogP contribution in [0, 0.1) is 0 Å². The Kier molecular flexibility index (Phi) is 7.78. The van der Waals surface area contributed by atoms with Gasteiger partial charge in [0.1, 0.15) is 11.2 Å². The van der Waals surface area contributed by atoms with Crippen LogP contribution in [0.3, 0.4) is 0 Å². The average Bonchev–Trinajstić information content (AvgIpc) is 3.68. The Hall–Kier alpha value is -7.69. The molecular weight excluding hydrogens is 695 g/mol. The van der Waals surface area contributed by atoms with Crippen LogP contribution in [0.4, 0.5) is 0 Å². The molecule has 0 radical (unpaired) electrons. The highest BCUT2D eigenvalue weighted by Gasteiger charge is 2.20. The van der Waals surface area contributed by atoms with Crippen LogP contribution in [0.5, 0.6) is 0 Å². The Balaban J connectivity index is 1.08. The lowest BCUT2D eigenvalue weighted by Crippen LogP contribution is -2.01. The normalized spacial score (nSPS) is 11.5. The van der Waals surface area contributed by atoms with Crippen molar-refractivity contribution >= 4 is 43.5 Å². The first-order chi connectivity index (χ1) is 28.3. The maximum absolute atomic E-state index is 6.46. The fraction of sp³-hybridized carbons (Fsp3) is 0. The molecule has 11 aromatic rings. The lowest BCUT2D eigenvalue weighted by atomic mass is 9.88. The molecule has 0 N–H and O–H groups in total. The van der Waals surface area contributed by atoms with Crippen molar-refractivity contribution in [1.82, 2.24) is 15.0 Å². The van der Waals surface area contributed by atoms with Crippen LogP contribution in [0.2, 0.25) is 0 Å². The average molecular weight is 728 g/mol. The molecule has 57 heavy (non-hydrogen) atoms. The molecule has 0 atom stereocenters. The van der Waals surface area contributed by atoms with Gasteiger partial charge in [0.05, 0.1) is 5.56 Å². The molecule has 0 saturated heterocycles. The van der Waals surface area contributed by atoms with E-state index >= 15 is 0 Å². The molecule has 0 saturated carbocycles. The molecule has 0 bridgehead atoms. The van der Waals surface area contributed by atoms with E-state index in [1.807, 2.05) is 60.7 Å². The zero-order valence-electron chi connectivity index (χ0n) is 30.8. The highest BCUT2D eigenvalue weighted by atomic mass is 16.3. The quantitative estimate of drug-likeness (QED) is 0.171. The number of benzene rings is 9. The second-order valence-electron chi connectivity index (χ2n) is 14.3. The van der Waals surface area contributed by atoms with E-state index in [4.69, 9.17) is 19.4 Å². The number of furan rings is 1. The summed E-state index contributed by atoms with van der Waals surface area (Å²) >= 11 is 0. The highest BCUT2D eigenvalue weighted by molar-refractivity contribution is 6.12. The molecule has 0 aliphatic rings. The Morgan fingerprint density at radius 1 is 0.263 bits per heavy atom. The molecule has 2 heterocycles. The van der Waals surface area contributed by atoms with Crippen LogP contribution < -0.4 is 0 Å². The third-order valence-corrected chi connectivity index (χ3v) is 11.0. The summed E-state index contributed by atoms with van der Waals surface area (Å²) in [7, 11) is 0. The maximum Gasteiger partial charge on any atom is 0.167 e. The topological polar surface area (TPSA) is 51.8 Å². The fourth-order valence-corrected chi connectivity index (χ4v) is 8.27. The molecule has 0 amide bonds. The number of hydrogen-bond acceptors (Lipinski definition) is 4. The SMILES string of the molecule is c1ccc(-c2cccc(-c3ccc(-c4ccc(-c5nc(-c6ccccc6)nc(-c6cccc7c6oc6ccccc67)n5)c5ccccc45)c4ccccc34)c2)cc1. The van der Waals surface area contributed by atoms with E-state index < -0.39 is 0 Å². The smallest absolute Gasteiger partial charge is 0.167 e. The van der Waals surface area contributed by atoms with E-state index in [2.05, 4.69) is 140 Å². The second-order valence-corrected chi connectivity index (χ2v) is 14.3. The van der Waals surface area contributed by atoms with Gasteiger partial charge in [0.25, 0.3) is 0 Å². The molecular formula is C53H33N3O. The van der Waals surface area contributed by atoms with Gasteiger partial charge in [0.2, 0.25) is 0 Å². The lowest BCUT2D eigenvalue weighted by molar-refractivity contribution is 0.669. The van der Waals surface area contributed by atoms with Crippen LogP contribution in [0.15, 0.2) is 205 Å². The van der Waals surface area contributed by atoms with Crippen LogP contribution in [-0.4, -0.2) is 15.0 Å². The first-order valence-corrected chi connectivity index (χ1v) is 19.2. The van der Waals surface area contributed by atoms with Gasteiger partial charge in [-0.2, -0.15) is 0 Å². The Morgan fingerprint density at radius 2 is 0.719 bits per heavy atom. The predicted molar refractivity (Wildman–Crippen MR) is 235 cm³/mol. The van der Waals surface area contributed by atoms with Crippen LogP contribution in [0.1, 0.15) is 0 Å². The number of hydrogen-bond donors (Lipinski definition) is 0. The van der Waals surface area contributed by atoms with Gasteiger partial charge in [-0.1, -0.05) is 176 Å². The molecule has 4 nitrogen and oxygen atoms in total. The van der Waals surface area contributed by atoms with Gasteiger partial charge in [0.15, 0.2) is 17.5 Å². The van der Waals surface area contributed by atoms with Crippen molar-refractivity contribution in [3.8, 4) is 67.5 Å². The minimum Gasteiger partial charge on any atom is -0.455 e. The van der Waals surface area contributed by atoms with Crippen molar-refractivity contribution in [2.75, 3.05) is 0 Å². The Morgan fingerprint density at radius 3 is 1.42 bits per heavy atom. The Bertz CT molecular complexity index is 3300. The standard InChI is InChI=1S/C53H33N3O/c1-3-15-34(16-4-1)36-19-13-20-37(33-36)38-29-30-43(40-22-8-7-21-39(38)40)44-31-32-47(42-24-10-9-23-41(42)44)52-54-51(35-17-5-2-6-18-35)55-53(56-52)48-27-14-26-46-45-25-11-12-28-49(45)57-50(46)48/h1-33H. The van der Waals surface area contributed by atoms with Crippen molar-refractivity contribution in [1.29, 1.82) is 0 Å². The summed E-state index contributed by atoms with van der Waals surface area (Å²) in [6.45, 7) is 0. The van der Waals surface area contributed by atoms with Crippen LogP contribution in [0.25, 0.3) is 111 Å². The number of aromatic nitrogens is 3.